The molecule has 0 aromatic heterocycles. The summed E-state index contributed by atoms with van der Waals surface area (Å²) in [5, 5.41) is 11.6. The van der Waals surface area contributed by atoms with E-state index in [9.17, 15) is 4.79 Å². The van der Waals surface area contributed by atoms with Crippen molar-refractivity contribution in [2.75, 3.05) is 11.9 Å². The molecule has 0 bridgehead atoms. The van der Waals surface area contributed by atoms with Gasteiger partial charge in [0.1, 0.15) is 11.8 Å². The van der Waals surface area contributed by atoms with E-state index < -0.39 is 0 Å². The van der Waals surface area contributed by atoms with Crippen molar-refractivity contribution < 1.29 is 9.53 Å². The Balaban J connectivity index is 1.93. The molecule has 0 fully saturated rings. The fourth-order valence-electron chi connectivity index (χ4n) is 1.54. The third kappa shape index (κ3) is 3.58. The number of carbonyl (C=O) groups excluding carboxylic acids is 1. The third-order valence-corrected chi connectivity index (χ3v) is 2.43. The number of nitriles is 1. The third-order valence-electron chi connectivity index (χ3n) is 2.43. The molecule has 0 saturated carbocycles. The highest BCUT2D eigenvalue weighted by Gasteiger charge is 2.06. The summed E-state index contributed by atoms with van der Waals surface area (Å²) in [5.74, 6) is 0.331. The molecule has 4 heteroatoms. The molecule has 2 rings (SSSR count). The molecule has 2 aromatic rings. The highest BCUT2D eigenvalue weighted by atomic mass is 16.5. The molecule has 19 heavy (non-hydrogen) atoms. The molecule has 0 aliphatic rings. The van der Waals surface area contributed by atoms with Crippen molar-refractivity contribution in [1.29, 1.82) is 5.26 Å². The van der Waals surface area contributed by atoms with Crippen molar-refractivity contribution in [3.8, 4) is 11.8 Å². The van der Waals surface area contributed by atoms with Crippen LogP contribution in [0.3, 0.4) is 0 Å². The van der Waals surface area contributed by atoms with Crippen LogP contribution in [0.4, 0.5) is 5.69 Å². The number of nitrogens with zero attached hydrogens (tertiary/aromatic N) is 1. The van der Waals surface area contributed by atoms with Gasteiger partial charge in [0.2, 0.25) is 0 Å². The van der Waals surface area contributed by atoms with E-state index in [4.69, 9.17) is 10.00 Å². The lowest BCUT2D eigenvalue weighted by Gasteiger charge is -2.08. The lowest BCUT2D eigenvalue weighted by molar-refractivity contribution is -0.118. The lowest BCUT2D eigenvalue weighted by Crippen LogP contribution is -2.20. The first-order valence-corrected chi connectivity index (χ1v) is 5.76. The van der Waals surface area contributed by atoms with Gasteiger partial charge in [0, 0.05) is 0 Å². The first kappa shape index (κ1) is 12.7. The summed E-state index contributed by atoms with van der Waals surface area (Å²) in [6, 6.07) is 17.9. The van der Waals surface area contributed by atoms with Gasteiger partial charge in [-0.1, -0.05) is 30.3 Å². The van der Waals surface area contributed by atoms with Crippen LogP contribution in [0.1, 0.15) is 5.56 Å². The van der Waals surface area contributed by atoms with Gasteiger partial charge < -0.3 is 10.1 Å². The number of para-hydroxylation sites is 2. The SMILES string of the molecule is N#Cc1ccccc1NC(=O)COc1ccccc1. The van der Waals surface area contributed by atoms with Gasteiger partial charge >= 0.3 is 0 Å². The average Bonchev–Trinajstić information content (AvgIpc) is 2.47. The fourth-order valence-corrected chi connectivity index (χ4v) is 1.54. The molecule has 0 spiro atoms. The van der Waals surface area contributed by atoms with Crippen molar-refractivity contribution in [1.82, 2.24) is 0 Å². The smallest absolute Gasteiger partial charge is 0.262 e. The largest absolute Gasteiger partial charge is 0.484 e. The summed E-state index contributed by atoms with van der Waals surface area (Å²) < 4.78 is 5.32. The zero-order chi connectivity index (χ0) is 13.5. The molecule has 0 aliphatic heterocycles. The second kappa shape index (κ2) is 6.22. The number of ether oxygens (including phenoxy) is 1. The lowest BCUT2D eigenvalue weighted by atomic mass is 10.2. The molecule has 0 atom stereocenters. The van der Waals surface area contributed by atoms with Crippen LogP contribution >= 0.6 is 0 Å². The predicted molar refractivity (Wildman–Crippen MR) is 71.7 cm³/mol. The van der Waals surface area contributed by atoms with Crippen molar-refractivity contribution >= 4 is 11.6 Å². The Hall–Kier alpha value is -2.80. The molecule has 94 valence electrons. The summed E-state index contributed by atoms with van der Waals surface area (Å²) >= 11 is 0. The van der Waals surface area contributed by atoms with E-state index in [2.05, 4.69) is 5.32 Å². The van der Waals surface area contributed by atoms with Crippen molar-refractivity contribution in [2.24, 2.45) is 0 Å². The summed E-state index contributed by atoms with van der Waals surface area (Å²) in [5.41, 5.74) is 0.919. The van der Waals surface area contributed by atoms with Crippen LogP contribution in [-0.4, -0.2) is 12.5 Å². The van der Waals surface area contributed by atoms with Gasteiger partial charge in [0.05, 0.1) is 11.3 Å². The highest BCUT2D eigenvalue weighted by molar-refractivity contribution is 5.93. The molecule has 0 unspecified atom stereocenters. The van der Waals surface area contributed by atoms with Crippen LogP contribution in [0.15, 0.2) is 54.6 Å². The Bertz CT molecular complexity index is 603. The molecule has 2 aromatic carbocycles. The van der Waals surface area contributed by atoms with Crippen LogP contribution in [0, 0.1) is 11.3 Å². The van der Waals surface area contributed by atoms with E-state index in [0.717, 1.165) is 0 Å². The monoisotopic (exact) mass is 252 g/mol. The minimum atomic E-state index is -0.299. The number of hydrogen-bond acceptors (Lipinski definition) is 3. The van der Waals surface area contributed by atoms with Crippen molar-refractivity contribution in [3.05, 3.63) is 60.2 Å². The molecule has 0 aliphatic carbocycles. The molecule has 1 N–H and O–H groups in total. The van der Waals surface area contributed by atoms with Gasteiger partial charge in [-0.25, -0.2) is 0 Å². The fraction of sp³-hybridized carbons (Fsp3) is 0.0667. The van der Waals surface area contributed by atoms with E-state index >= 15 is 0 Å². The van der Waals surface area contributed by atoms with Crippen LogP contribution in [-0.2, 0) is 4.79 Å². The van der Waals surface area contributed by atoms with E-state index in [1.807, 2.05) is 24.3 Å². The van der Waals surface area contributed by atoms with E-state index in [1.54, 1.807) is 36.4 Å². The first-order valence-electron chi connectivity index (χ1n) is 5.76. The molecule has 1 amide bonds. The second-order valence-electron chi connectivity index (χ2n) is 3.81. The number of rotatable bonds is 4. The topological polar surface area (TPSA) is 62.1 Å². The van der Waals surface area contributed by atoms with Gasteiger partial charge in [-0.2, -0.15) is 5.26 Å². The average molecular weight is 252 g/mol. The van der Waals surface area contributed by atoms with Crippen molar-refractivity contribution in [2.45, 2.75) is 0 Å². The van der Waals surface area contributed by atoms with Crippen molar-refractivity contribution in [3.63, 3.8) is 0 Å². The summed E-state index contributed by atoms with van der Waals surface area (Å²) in [7, 11) is 0. The van der Waals surface area contributed by atoms with Crippen LogP contribution in [0.25, 0.3) is 0 Å². The Morgan fingerprint density at radius 2 is 1.79 bits per heavy atom. The molecule has 0 heterocycles. The van der Waals surface area contributed by atoms with E-state index in [0.29, 0.717) is 17.0 Å². The number of nitrogens with one attached hydrogen (secondary N) is 1. The quantitative estimate of drug-likeness (QED) is 0.909. The highest BCUT2D eigenvalue weighted by Crippen LogP contribution is 2.13. The predicted octanol–water partition coefficient (Wildman–Crippen LogP) is 2.58. The number of hydrogen-bond donors (Lipinski definition) is 1. The maximum absolute atomic E-state index is 11.7. The van der Waals surface area contributed by atoms with Gasteiger partial charge in [-0.05, 0) is 24.3 Å². The van der Waals surface area contributed by atoms with E-state index in [1.165, 1.54) is 0 Å². The van der Waals surface area contributed by atoms with Crippen LogP contribution < -0.4 is 10.1 Å². The Morgan fingerprint density at radius 3 is 2.53 bits per heavy atom. The number of carbonyl (C=O) groups is 1. The Labute approximate surface area is 111 Å². The summed E-state index contributed by atoms with van der Waals surface area (Å²) in [6.45, 7) is -0.0935. The number of amides is 1. The first-order chi connectivity index (χ1) is 9.29. The Kier molecular flexibility index (Phi) is 4.14. The normalized spacial score (nSPS) is 9.42. The standard InChI is InChI=1S/C15H12N2O2/c16-10-12-6-4-5-9-14(12)17-15(18)11-19-13-7-2-1-3-8-13/h1-9H,11H2,(H,17,18). The minimum Gasteiger partial charge on any atom is -0.484 e. The zero-order valence-electron chi connectivity index (χ0n) is 10.2. The zero-order valence-corrected chi connectivity index (χ0v) is 10.2. The van der Waals surface area contributed by atoms with E-state index in [-0.39, 0.29) is 12.5 Å². The van der Waals surface area contributed by atoms with Crippen LogP contribution in [0.2, 0.25) is 0 Å². The number of anilines is 1. The maximum Gasteiger partial charge on any atom is 0.262 e. The van der Waals surface area contributed by atoms with Gasteiger partial charge in [-0.3, -0.25) is 4.79 Å². The van der Waals surface area contributed by atoms with Gasteiger partial charge in [0.25, 0.3) is 5.91 Å². The molecular formula is C15H12N2O2. The molecule has 4 nitrogen and oxygen atoms in total. The van der Waals surface area contributed by atoms with Gasteiger partial charge in [0.15, 0.2) is 6.61 Å². The number of benzene rings is 2. The summed E-state index contributed by atoms with van der Waals surface area (Å²) in [6.07, 6.45) is 0. The minimum absolute atomic E-state index is 0.0935. The molecule has 0 saturated heterocycles. The van der Waals surface area contributed by atoms with Gasteiger partial charge in [-0.15, -0.1) is 0 Å². The summed E-state index contributed by atoms with van der Waals surface area (Å²) in [4.78, 5) is 11.7. The van der Waals surface area contributed by atoms with Crippen LogP contribution in [0.5, 0.6) is 5.75 Å². The molecular weight excluding hydrogens is 240 g/mol. The molecule has 0 radical (unpaired) electrons. The second-order valence-corrected chi connectivity index (χ2v) is 3.81. The maximum atomic E-state index is 11.7. The Morgan fingerprint density at radius 1 is 1.11 bits per heavy atom.